The highest BCUT2D eigenvalue weighted by Gasteiger charge is 2.09. The number of amides is 1. The van der Waals surface area contributed by atoms with E-state index in [1.165, 1.54) is 22.9 Å². The minimum Gasteiger partial charge on any atom is -0.359 e. The molecule has 0 unspecified atom stereocenters. The maximum Gasteiger partial charge on any atom is 0.271 e. The van der Waals surface area contributed by atoms with Gasteiger partial charge in [0.1, 0.15) is 0 Å². The number of thiocarbonyl (C=S) groups is 1. The number of benzene rings is 1. The lowest BCUT2D eigenvalue weighted by Gasteiger charge is -2.14. The fourth-order valence-corrected chi connectivity index (χ4v) is 2.57. The van der Waals surface area contributed by atoms with Crippen molar-refractivity contribution in [3.63, 3.8) is 0 Å². The number of hydrazine groups is 1. The third-order valence-electron chi connectivity index (χ3n) is 3.25. The van der Waals surface area contributed by atoms with Crippen molar-refractivity contribution < 1.29 is 4.79 Å². The second-order valence-electron chi connectivity index (χ2n) is 5.68. The zero-order valence-corrected chi connectivity index (χ0v) is 15.4. The number of rotatable bonds is 4. The number of nitrogens with zero attached hydrogens (tertiary/aromatic N) is 1. The Bertz CT molecular complexity index is 835. The van der Waals surface area contributed by atoms with Crippen molar-refractivity contribution in [3.8, 4) is 0 Å². The summed E-state index contributed by atoms with van der Waals surface area (Å²) in [5.41, 5.74) is 6.01. The van der Waals surface area contributed by atoms with Crippen LogP contribution in [0.3, 0.4) is 0 Å². The molecular weight excluding hydrogens is 360 g/mol. The summed E-state index contributed by atoms with van der Waals surface area (Å²) >= 11 is 11.2. The molecule has 2 rings (SSSR count). The highest BCUT2D eigenvalue weighted by Crippen LogP contribution is 2.15. The highest BCUT2D eigenvalue weighted by atomic mass is 35.5. The van der Waals surface area contributed by atoms with Gasteiger partial charge in [-0.25, -0.2) is 0 Å². The molecule has 0 atom stereocenters. The second-order valence-corrected chi connectivity index (χ2v) is 6.50. The molecule has 0 bridgehead atoms. The van der Waals surface area contributed by atoms with Gasteiger partial charge in [-0.2, -0.15) is 0 Å². The van der Waals surface area contributed by atoms with E-state index in [1.54, 1.807) is 6.07 Å². The number of nitrogens with one attached hydrogen (secondary N) is 3. The van der Waals surface area contributed by atoms with E-state index in [4.69, 9.17) is 23.8 Å². The Kier molecular flexibility index (Phi) is 6.55. The van der Waals surface area contributed by atoms with Crippen molar-refractivity contribution in [3.05, 3.63) is 69.1 Å². The van der Waals surface area contributed by atoms with Gasteiger partial charge in [0, 0.05) is 23.3 Å². The van der Waals surface area contributed by atoms with E-state index >= 15 is 0 Å². The van der Waals surface area contributed by atoms with Crippen molar-refractivity contribution in [2.24, 2.45) is 0 Å². The van der Waals surface area contributed by atoms with Crippen LogP contribution < -0.4 is 21.7 Å². The molecule has 1 heterocycles. The first-order chi connectivity index (χ1) is 11.9. The van der Waals surface area contributed by atoms with Gasteiger partial charge in [-0.1, -0.05) is 29.8 Å². The van der Waals surface area contributed by atoms with Crippen LogP contribution in [0.15, 0.2) is 47.4 Å². The first-order valence-electron chi connectivity index (χ1n) is 7.67. The van der Waals surface area contributed by atoms with Crippen LogP contribution in [0.2, 0.25) is 5.02 Å². The lowest BCUT2D eigenvalue weighted by Crippen LogP contribution is -2.48. The number of carbonyl (C=O) groups is 1. The molecule has 0 spiro atoms. The first kappa shape index (κ1) is 19.0. The minimum absolute atomic E-state index is 0.148. The van der Waals surface area contributed by atoms with Gasteiger partial charge >= 0.3 is 0 Å². The van der Waals surface area contributed by atoms with E-state index in [9.17, 15) is 9.59 Å². The molecule has 0 radical (unpaired) electrons. The average molecular weight is 379 g/mol. The van der Waals surface area contributed by atoms with Gasteiger partial charge in [-0.3, -0.25) is 20.4 Å². The normalized spacial score (nSPS) is 10.4. The zero-order chi connectivity index (χ0) is 18.4. The maximum atomic E-state index is 12.2. The van der Waals surface area contributed by atoms with Crippen molar-refractivity contribution >= 4 is 34.8 Å². The highest BCUT2D eigenvalue weighted by molar-refractivity contribution is 7.80. The lowest BCUT2D eigenvalue weighted by atomic mass is 10.2. The third-order valence-corrected chi connectivity index (χ3v) is 3.84. The number of hydrogen-bond acceptors (Lipinski definition) is 3. The summed E-state index contributed by atoms with van der Waals surface area (Å²) < 4.78 is 1.43. The lowest BCUT2D eigenvalue weighted by molar-refractivity contribution is 0.0942. The standard InChI is InChI=1S/C17H19ClN4O2S/c1-11(2)19-17(25)21-20-16(24)13-7-8-15(23)22(10-13)9-12-5-3-4-6-14(12)18/h3-8,10-11H,9H2,1-2H3,(H,20,24)(H2,19,21,25). The quantitative estimate of drug-likeness (QED) is 0.561. The summed E-state index contributed by atoms with van der Waals surface area (Å²) in [6.07, 6.45) is 1.49. The number of aromatic nitrogens is 1. The average Bonchev–Trinajstić information content (AvgIpc) is 2.56. The van der Waals surface area contributed by atoms with Crippen LogP contribution >= 0.6 is 23.8 Å². The molecule has 132 valence electrons. The molecule has 0 saturated heterocycles. The third kappa shape index (κ3) is 5.58. The number of hydrogen-bond donors (Lipinski definition) is 3. The van der Waals surface area contributed by atoms with Gasteiger partial charge in [0.25, 0.3) is 11.5 Å². The number of pyridine rings is 1. The van der Waals surface area contributed by atoms with Gasteiger partial charge in [0.2, 0.25) is 0 Å². The van der Waals surface area contributed by atoms with Crippen LogP contribution in [0.4, 0.5) is 0 Å². The maximum absolute atomic E-state index is 12.2. The Labute approximate surface area is 156 Å². The Balaban J connectivity index is 2.10. The summed E-state index contributed by atoms with van der Waals surface area (Å²) in [6, 6.07) is 10.2. The Hall–Kier alpha value is -2.38. The summed E-state index contributed by atoms with van der Waals surface area (Å²) in [5.74, 6) is -0.402. The van der Waals surface area contributed by atoms with E-state index in [2.05, 4.69) is 16.2 Å². The van der Waals surface area contributed by atoms with Crippen LogP contribution in [0.1, 0.15) is 29.8 Å². The van der Waals surface area contributed by atoms with E-state index in [0.29, 0.717) is 15.7 Å². The molecule has 1 aromatic carbocycles. The number of carbonyl (C=O) groups excluding carboxylic acids is 1. The van der Waals surface area contributed by atoms with Crippen molar-refractivity contribution in [2.45, 2.75) is 26.4 Å². The van der Waals surface area contributed by atoms with Crippen molar-refractivity contribution in [2.75, 3.05) is 0 Å². The molecule has 8 heteroatoms. The molecule has 2 aromatic rings. The smallest absolute Gasteiger partial charge is 0.271 e. The van der Waals surface area contributed by atoms with Crippen molar-refractivity contribution in [1.29, 1.82) is 0 Å². The predicted molar refractivity (Wildman–Crippen MR) is 103 cm³/mol. The van der Waals surface area contributed by atoms with Gasteiger partial charge in [0.15, 0.2) is 5.11 Å². The first-order valence-corrected chi connectivity index (χ1v) is 8.46. The summed E-state index contributed by atoms with van der Waals surface area (Å²) in [5, 5.41) is 3.82. The van der Waals surface area contributed by atoms with Gasteiger partial charge in [0.05, 0.1) is 12.1 Å². The molecule has 0 saturated carbocycles. The van der Waals surface area contributed by atoms with Gasteiger partial charge in [-0.05, 0) is 43.8 Å². The molecule has 0 aliphatic rings. The largest absolute Gasteiger partial charge is 0.359 e. The van der Waals surface area contributed by atoms with Crippen LogP contribution in [-0.4, -0.2) is 21.6 Å². The van der Waals surface area contributed by atoms with Crippen LogP contribution in [-0.2, 0) is 6.54 Å². The zero-order valence-electron chi connectivity index (χ0n) is 13.9. The van der Waals surface area contributed by atoms with Crippen LogP contribution in [0.5, 0.6) is 0 Å². The Morgan fingerprint density at radius 1 is 1.20 bits per heavy atom. The van der Waals surface area contributed by atoms with Crippen LogP contribution in [0.25, 0.3) is 0 Å². The molecule has 25 heavy (non-hydrogen) atoms. The predicted octanol–water partition coefficient (Wildman–Crippen LogP) is 2.07. The van der Waals surface area contributed by atoms with Crippen molar-refractivity contribution in [1.82, 2.24) is 20.7 Å². The summed E-state index contributed by atoms with van der Waals surface area (Å²) in [6.45, 7) is 4.14. The van der Waals surface area contributed by atoms with E-state index in [0.717, 1.165) is 5.56 Å². The molecule has 1 aromatic heterocycles. The fraction of sp³-hybridized carbons (Fsp3) is 0.235. The molecule has 3 N–H and O–H groups in total. The van der Waals surface area contributed by atoms with Crippen LogP contribution in [0, 0.1) is 0 Å². The van der Waals surface area contributed by atoms with E-state index < -0.39 is 5.91 Å². The monoisotopic (exact) mass is 378 g/mol. The SMILES string of the molecule is CC(C)NC(=S)NNC(=O)c1ccc(=O)n(Cc2ccccc2Cl)c1. The fourth-order valence-electron chi connectivity index (χ4n) is 2.08. The Morgan fingerprint density at radius 3 is 2.60 bits per heavy atom. The molecular formula is C17H19ClN4O2S. The van der Waals surface area contributed by atoms with Gasteiger partial charge < -0.3 is 9.88 Å². The minimum atomic E-state index is -0.402. The molecule has 0 aliphatic carbocycles. The topological polar surface area (TPSA) is 75.2 Å². The second kappa shape index (κ2) is 8.64. The molecule has 0 fully saturated rings. The molecule has 1 amide bonds. The molecule has 6 nitrogen and oxygen atoms in total. The van der Waals surface area contributed by atoms with Gasteiger partial charge in [-0.15, -0.1) is 0 Å². The number of halogens is 1. The molecule has 0 aliphatic heterocycles. The summed E-state index contributed by atoms with van der Waals surface area (Å²) in [7, 11) is 0. The van der Waals surface area contributed by atoms with E-state index in [-0.39, 0.29) is 18.1 Å². The summed E-state index contributed by atoms with van der Waals surface area (Å²) in [4.78, 5) is 24.3. The van der Waals surface area contributed by atoms with E-state index in [1.807, 2.05) is 32.0 Å². The Morgan fingerprint density at radius 2 is 1.92 bits per heavy atom.